The van der Waals surface area contributed by atoms with Gasteiger partial charge in [-0.25, -0.2) is 4.98 Å². The number of alkyl halides is 3. The average molecular weight is 273 g/mol. The molecule has 2 rings (SSSR count). The lowest BCUT2D eigenvalue weighted by molar-refractivity contribution is -0.120. The predicted molar refractivity (Wildman–Crippen MR) is 68.0 cm³/mol. The van der Waals surface area contributed by atoms with Gasteiger partial charge in [-0.3, -0.25) is 0 Å². The van der Waals surface area contributed by atoms with E-state index in [-0.39, 0.29) is 6.04 Å². The van der Waals surface area contributed by atoms with Crippen molar-refractivity contribution in [2.24, 2.45) is 0 Å². The van der Waals surface area contributed by atoms with Gasteiger partial charge in [-0.05, 0) is 37.1 Å². The van der Waals surface area contributed by atoms with Gasteiger partial charge >= 0.3 is 6.18 Å². The van der Waals surface area contributed by atoms with Crippen LogP contribution in [0.3, 0.4) is 0 Å². The molecule has 1 aliphatic rings. The van der Waals surface area contributed by atoms with Crippen LogP contribution in [0, 0.1) is 0 Å². The first-order valence-electron chi connectivity index (χ1n) is 6.48. The maximum atomic E-state index is 12.6. The smallest absolute Gasteiger partial charge is 0.345 e. The fraction of sp³-hybridized carbons (Fsp3) is 0.615. The zero-order chi connectivity index (χ0) is 13.9. The van der Waals surface area contributed by atoms with Gasteiger partial charge in [-0.1, -0.05) is 6.92 Å². The van der Waals surface area contributed by atoms with E-state index < -0.39 is 12.7 Å². The molecule has 1 aromatic rings. The van der Waals surface area contributed by atoms with Crippen LogP contribution in [0.2, 0.25) is 0 Å². The largest absolute Gasteiger partial charge is 0.405 e. The molecule has 6 heteroatoms. The van der Waals surface area contributed by atoms with Crippen LogP contribution in [0.5, 0.6) is 0 Å². The van der Waals surface area contributed by atoms with Crippen LogP contribution in [0.4, 0.5) is 19.0 Å². The Labute approximate surface area is 110 Å². The second-order valence-corrected chi connectivity index (χ2v) is 4.78. The molecule has 0 saturated heterocycles. The first-order valence-corrected chi connectivity index (χ1v) is 6.48. The van der Waals surface area contributed by atoms with Crippen molar-refractivity contribution in [2.45, 2.75) is 38.5 Å². The van der Waals surface area contributed by atoms with E-state index in [2.05, 4.69) is 10.3 Å². The number of hydrogen-bond donors (Lipinski definition) is 1. The van der Waals surface area contributed by atoms with Crippen LogP contribution in [0.15, 0.2) is 18.3 Å². The number of nitrogens with one attached hydrogen (secondary N) is 1. The lowest BCUT2D eigenvalue weighted by Gasteiger charge is -2.25. The SMILES string of the molecule is CCNCc1ccnc(N(CC(F)(F)F)C2CC2)c1. The van der Waals surface area contributed by atoms with Crippen LogP contribution < -0.4 is 10.2 Å². The van der Waals surface area contributed by atoms with Crippen molar-refractivity contribution in [3.8, 4) is 0 Å². The molecule has 106 valence electrons. The second kappa shape index (κ2) is 5.77. The lowest BCUT2D eigenvalue weighted by atomic mass is 10.2. The number of aromatic nitrogens is 1. The minimum absolute atomic E-state index is 0.0106. The molecular formula is C13H18F3N3. The molecule has 0 amide bonds. The Balaban J connectivity index is 2.12. The molecular weight excluding hydrogens is 255 g/mol. The molecule has 19 heavy (non-hydrogen) atoms. The molecule has 1 aliphatic carbocycles. The van der Waals surface area contributed by atoms with Gasteiger partial charge in [0.1, 0.15) is 12.4 Å². The molecule has 0 spiro atoms. The first kappa shape index (κ1) is 14.1. The molecule has 3 nitrogen and oxygen atoms in total. The summed E-state index contributed by atoms with van der Waals surface area (Å²) in [5.41, 5.74) is 0.958. The van der Waals surface area contributed by atoms with Crippen LogP contribution in [-0.4, -0.2) is 30.3 Å². The molecule has 1 fully saturated rings. The van der Waals surface area contributed by atoms with E-state index in [0.29, 0.717) is 12.4 Å². The van der Waals surface area contributed by atoms with E-state index in [1.807, 2.05) is 13.0 Å². The van der Waals surface area contributed by atoms with Gasteiger partial charge in [-0.15, -0.1) is 0 Å². The van der Waals surface area contributed by atoms with Crippen molar-refractivity contribution in [3.63, 3.8) is 0 Å². The van der Waals surface area contributed by atoms with E-state index in [4.69, 9.17) is 0 Å². The molecule has 0 aliphatic heterocycles. The third-order valence-corrected chi connectivity index (χ3v) is 3.02. The predicted octanol–water partition coefficient (Wildman–Crippen LogP) is 2.72. The summed E-state index contributed by atoms with van der Waals surface area (Å²) in [5.74, 6) is 0.426. The number of nitrogens with zero attached hydrogens (tertiary/aromatic N) is 2. The van der Waals surface area contributed by atoms with E-state index in [0.717, 1.165) is 24.9 Å². The summed E-state index contributed by atoms with van der Waals surface area (Å²) < 4.78 is 37.8. The molecule has 1 aromatic heterocycles. The third-order valence-electron chi connectivity index (χ3n) is 3.02. The van der Waals surface area contributed by atoms with Crippen LogP contribution >= 0.6 is 0 Å². The number of halogens is 3. The van der Waals surface area contributed by atoms with Gasteiger partial charge in [0.2, 0.25) is 0 Å². The van der Waals surface area contributed by atoms with Gasteiger partial charge < -0.3 is 10.2 Å². The van der Waals surface area contributed by atoms with Crippen molar-refractivity contribution in [3.05, 3.63) is 23.9 Å². The fourth-order valence-corrected chi connectivity index (χ4v) is 1.97. The normalized spacial score (nSPS) is 15.6. The van der Waals surface area contributed by atoms with Gasteiger partial charge in [0.25, 0.3) is 0 Å². The molecule has 0 bridgehead atoms. The summed E-state index contributed by atoms with van der Waals surface area (Å²) in [7, 11) is 0. The molecule has 0 radical (unpaired) electrons. The Morgan fingerprint density at radius 1 is 1.42 bits per heavy atom. The van der Waals surface area contributed by atoms with E-state index in [1.54, 1.807) is 12.3 Å². The summed E-state index contributed by atoms with van der Waals surface area (Å²) in [5, 5.41) is 3.16. The minimum Gasteiger partial charge on any atom is -0.345 e. The van der Waals surface area contributed by atoms with Gasteiger partial charge in [0.15, 0.2) is 0 Å². The number of hydrogen-bond acceptors (Lipinski definition) is 3. The van der Waals surface area contributed by atoms with Crippen molar-refractivity contribution in [1.29, 1.82) is 0 Å². The number of rotatable bonds is 6. The van der Waals surface area contributed by atoms with E-state index in [9.17, 15) is 13.2 Å². The van der Waals surface area contributed by atoms with Crippen molar-refractivity contribution in [2.75, 3.05) is 18.0 Å². The molecule has 0 aromatic carbocycles. The monoisotopic (exact) mass is 273 g/mol. The first-order chi connectivity index (χ1) is 8.99. The van der Waals surface area contributed by atoms with Crippen LogP contribution in [0.1, 0.15) is 25.3 Å². The van der Waals surface area contributed by atoms with Gasteiger partial charge in [0.05, 0.1) is 0 Å². The van der Waals surface area contributed by atoms with Crippen LogP contribution in [-0.2, 0) is 6.54 Å². The van der Waals surface area contributed by atoms with E-state index in [1.165, 1.54) is 4.90 Å². The summed E-state index contributed by atoms with van der Waals surface area (Å²) in [6.45, 7) is 2.54. The zero-order valence-corrected chi connectivity index (χ0v) is 10.9. The third kappa shape index (κ3) is 4.38. The highest BCUT2D eigenvalue weighted by atomic mass is 19.4. The second-order valence-electron chi connectivity index (χ2n) is 4.78. The summed E-state index contributed by atoms with van der Waals surface area (Å²) in [4.78, 5) is 5.46. The van der Waals surface area contributed by atoms with Gasteiger partial charge in [0, 0.05) is 18.8 Å². The topological polar surface area (TPSA) is 28.2 Å². The molecule has 0 unspecified atom stereocenters. The standard InChI is InChI=1S/C13H18F3N3/c1-2-17-8-10-5-6-18-12(7-10)19(11-3-4-11)9-13(14,15)16/h5-7,11,17H,2-4,8-9H2,1H3. The summed E-state index contributed by atoms with van der Waals surface area (Å²) >= 11 is 0. The van der Waals surface area contributed by atoms with Crippen molar-refractivity contribution < 1.29 is 13.2 Å². The minimum atomic E-state index is -4.19. The summed E-state index contributed by atoms with van der Waals surface area (Å²) in [6.07, 6.45) is -0.986. The van der Waals surface area contributed by atoms with Gasteiger partial charge in [-0.2, -0.15) is 13.2 Å². The zero-order valence-electron chi connectivity index (χ0n) is 10.9. The Morgan fingerprint density at radius 3 is 2.74 bits per heavy atom. The molecule has 1 N–H and O–H groups in total. The van der Waals surface area contributed by atoms with Crippen molar-refractivity contribution in [1.82, 2.24) is 10.3 Å². The maximum absolute atomic E-state index is 12.6. The Bertz CT molecular complexity index is 416. The maximum Gasteiger partial charge on any atom is 0.405 e. The Morgan fingerprint density at radius 2 is 2.16 bits per heavy atom. The molecule has 0 atom stereocenters. The average Bonchev–Trinajstić information content (AvgIpc) is 3.17. The Kier molecular flexibility index (Phi) is 4.29. The fourth-order valence-electron chi connectivity index (χ4n) is 1.97. The summed E-state index contributed by atoms with van der Waals surface area (Å²) in [6, 6.07) is 3.56. The molecule has 1 saturated carbocycles. The molecule has 1 heterocycles. The van der Waals surface area contributed by atoms with Crippen LogP contribution in [0.25, 0.3) is 0 Å². The van der Waals surface area contributed by atoms with Crippen molar-refractivity contribution >= 4 is 5.82 Å². The van der Waals surface area contributed by atoms with E-state index >= 15 is 0 Å². The highest BCUT2D eigenvalue weighted by Gasteiger charge is 2.38. The number of pyridine rings is 1. The highest BCUT2D eigenvalue weighted by molar-refractivity contribution is 5.44. The number of anilines is 1. The Hall–Kier alpha value is -1.30. The quantitative estimate of drug-likeness (QED) is 0.863. The lowest BCUT2D eigenvalue weighted by Crippen LogP contribution is -2.36. The highest BCUT2D eigenvalue weighted by Crippen LogP contribution is 2.33.